The van der Waals surface area contributed by atoms with Gasteiger partial charge in [0.25, 0.3) is 5.91 Å². The van der Waals surface area contributed by atoms with E-state index in [9.17, 15) is 9.59 Å². The minimum atomic E-state index is -0.0678. The molecular weight excluding hydrogens is 228 g/mol. The van der Waals surface area contributed by atoms with Crippen molar-refractivity contribution in [1.82, 2.24) is 9.80 Å². The predicted molar refractivity (Wildman–Crippen MR) is 69.1 cm³/mol. The first kappa shape index (κ1) is 12.4. The van der Waals surface area contributed by atoms with Crippen molar-refractivity contribution in [3.63, 3.8) is 0 Å². The number of carbonyl (C=O) groups excluding carboxylic acids is 2. The Balaban J connectivity index is 1.96. The van der Waals surface area contributed by atoms with Crippen molar-refractivity contribution in [2.45, 2.75) is 0 Å². The summed E-state index contributed by atoms with van der Waals surface area (Å²) < 4.78 is 0. The minimum Gasteiger partial charge on any atom is -0.336 e. The lowest BCUT2D eigenvalue weighted by molar-refractivity contribution is -0.127. The van der Waals surface area contributed by atoms with Gasteiger partial charge in [0, 0.05) is 31.7 Å². The van der Waals surface area contributed by atoms with Gasteiger partial charge in [-0.3, -0.25) is 9.59 Å². The van der Waals surface area contributed by atoms with E-state index in [-0.39, 0.29) is 11.8 Å². The lowest BCUT2D eigenvalue weighted by atomic mass is 10.2. The molecule has 1 aromatic carbocycles. The van der Waals surface area contributed by atoms with Crippen molar-refractivity contribution >= 4 is 11.8 Å². The summed E-state index contributed by atoms with van der Waals surface area (Å²) in [6.07, 6.45) is 1.31. The van der Waals surface area contributed by atoms with Crippen molar-refractivity contribution in [2.24, 2.45) is 0 Å². The molecule has 0 atom stereocenters. The number of piperazine rings is 1. The third-order valence-electron chi connectivity index (χ3n) is 3.07. The standard InChI is InChI=1S/C14H16N2O2/c1-2-13(17)15-8-10-16(11-9-15)14(18)12-6-4-3-5-7-12/h2-7H,1,8-11H2. The highest BCUT2D eigenvalue weighted by atomic mass is 16.2. The molecule has 0 aromatic heterocycles. The Morgan fingerprint density at radius 1 is 1.00 bits per heavy atom. The number of amides is 2. The Kier molecular flexibility index (Phi) is 3.77. The topological polar surface area (TPSA) is 40.6 Å². The average molecular weight is 244 g/mol. The molecule has 1 heterocycles. The molecule has 94 valence electrons. The Labute approximate surface area is 106 Å². The Morgan fingerprint density at radius 2 is 1.56 bits per heavy atom. The first-order valence-corrected chi connectivity index (χ1v) is 5.98. The summed E-state index contributed by atoms with van der Waals surface area (Å²) in [7, 11) is 0. The van der Waals surface area contributed by atoms with Crippen LogP contribution in [0.25, 0.3) is 0 Å². The van der Waals surface area contributed by atoms with Crippen LogP contribution in [0.3, 0.4) is 0 Å². The predicted octanol–water partition coefficient (Wildman–Crippen LogP) is 1.16. The van der Waals surface area contributed by atoms with Crippen LogP contribution in [0.15, 0.2) is 43.0 Å². The monoisotopic (exact) mass is 244 g/mol. The van der Waals surface area contributed by atoms with Gasteiger partial charge in [0.1, 0.15) is 0 Å². The largest absolute Gasteiger partial charge is 0.336 e. The smallest absolute Gasteiger partial charge is 0.253 e. The maximum absolute atomic E-state index is 12.1. The zero-order valence-electron chi connectivity index (χ0n) is 10.2. The van der Waals surface area contributed by atoms with Gasteiger partial charge in [-0.2, -0.15) is 0 Å². The maximum Gasteiger partial charge on any atom is 0.253 e. The molecule has 2 rings (SSSR count). The lowest BCUT2D eigenvalue weighted by Gasteiger charge is -2.34. The van der Waals surface area contributed by atoms with Gasteiger partial charge in [0.15, 0.2) is 0 Å². The zero-order chi connectivity index (χ0) is 13.0. The maximum atomic E-state index is 12.1. The number of rotatable bonds is 2. The number of hydrogen-bond acceptors (Lipinski definition) is 2. The Bertz CT molecular complexity index is 448. The van der Waals surface area contributed by atoms with Crippen LogP contribution in [-0.2, 0) is 4.79 Å². The molecule has 4 heteroatoms. The molecule has 1 aliphatic rings. The highest BCUT2D eigenvalue weighted by Crippen LogP contribution is 2.08. The molecule has 1 aliphatic heterocycles. The van der Waals surface area contributed by atoms with E-state index in [1.165, 1.54) is 6.08 Å². The molecule has 1 aromatic rings. The van der Waals surface area contributed by atoms with Crippen molar-refractivity contribution in [1.29, 1.82) is 0 Å². The molecule has 4 nitrogen and oxygen atoms in total. The minimum absolute atomic E-state index is 0.0290. The summed E-state index contributed by atoms with van der Waals surface area (Å²) in [6, 6.07) is 9.21. The zero-order valence-corrected chi connectivity index (χ0v) is 10.2. The van der Waals surface area contributed by atoms with Gasteiger partial charge < -0.3 is 9.80 Å². The molecule has 0 bridgehead atoms. The van der Waals surface area contributed by atoms with Gasteiger partial charge >= 0.3 is 0 Å². The van der Waals surface area contributed by atoms with E-state index >= 15 is 0 Å². The molecular formula is C14H16N2O2. The second-order valence-electron chi connectivity index (χ2n) is 4.19. The first-order valence-electron chi connectivity index (χ1n) is 5.98. The average Bonchev–Trinajstić information content (AvgIpc) is 2.47. The number of hydrogen-bond donors (Lipinski definition) is 0. The number of benzene rings is 1. The van der Waals surface area contributed by atoms with Crippen molar-refractivity contribution < 1.29 is 9.59 Å². The fraction of sp³-hybridized carbons (Fsp3) is 0.286. The summed E-state index contributed by atoms with van der Waals surface area (Å²) in [6.45, 7) is 5.76. The van der Waals surface area contributed by atoms with E-state index in [2.05, 4.69) is 6.58 Å². The summed E-state index contributed by atoms with van der Waals surface area (Å²) >= 11 is 0. The van der Waals surface area contributed by atoms with Crippen LogP contribution in [0.4, 0.5) is 0 Å². The fourth-order valence-corrected chi connectivity index (χ4v) is 2.02. The fourth-order valence-electron chi connectivity index (χ4n) is 2.02. The van der Waals surface area contributed by atoms with E-state index < -0.39 is 0 Å². The summed E-state index contributed by atoms with van der Waals surface area (Å²) in [4.78, 5) is 27.1. The summed E-state index contributed by atoms with van der Waals surface area (Å²) in [5, 5.41) is 0. The SMILES string of the molecule is C=CC(=O)N1CCN(C(=O)c2ccccc2)CC1. The molecule has 0 radical (unpaired) electrons. The van der Waals surface area contributed by atoms with Crippen molar-refractivity contribution in [3.05, 3.63) is 48.6 Å². The van der Waals surface area contributed by atoms with E-state index in [0.29, 0.717) is 31.7 Å². The van der Waals surface area contributed by atoms with Gasteiger partial charge in [-0.25, -0.2) is 0 Å². The van der Waals surface area contributed by atoms with Crippen LogP contribution in [0.5, 0.6) is 0 Å². The third kappa shape index (κ3) is 2.59. The molecule has 0 spiro atoms. The van der Waals surface area contributed by atoms with Crippen LogP contribution in [0, 0.1) is 0 Å². The van der Waals surface area contributed by atoms with Gasteiger partial charge in [-0.1, -0.05) is 24.8 Å². The van der Waals surface area contributed by atoms with Gasteiger partial charge in [0.05, 0.1) is 0 Å². The number of nitrogens with zero attached hydrogens (tertiary/aromatic N) is 2. The molecule has 0 aliphatic carbocycles. The quantitative estimate of drug-likeness (QED) is 0.732. The second-order valence-corrected chi connectivity index (χ2v) is 4.19. The van der Waals surface area contributed by atoms with Crippen LogP contribution >= 0.6 is 0 Å². The van der Waals surface area contributed by atoms with Gasteiger partial charge in [-0.05, 0) is 18.2 Å². The molecule has 2 amide bonds. The van der Waals surface area contributed by atoms with Crippen LogP contribution < -0.4 is 0 Å². The normalized spacial score (nSPS) is 15.3. The van der Waals surface area contributed by atoms with E-state index in [4.69, 9.17) is 0 Å². The van der Waals surface area contributed by atoms with Crippen LogP contribution in [-0.4, -0.2) is 47.8 Å². The lowest BCUT2D eigenvalue weighted by Crippen LogP contribution is -2.50. The van der Waals surface area contributed by atoms with Crippen molar-refractivity contribution in [3.8, 4) is 0 Å². The highest BCUT2D eigenvalue weighted by molar-refractivity contribution is 5.94. The summed E-state index contributed by atoms with van der Waals surface area (Å²) in [5.74, 6) is -0.0388. The molecule has 0 unspecified atom stereocenters. The third-order valence-corrected chi connectivity index (χ3v) is 3.07. The molecule has 18 heavy (non-hydrogen) atoms. The highest BCUT2D eigenvalue weighted by Gasteiger charge is 2.23. The second kappa shape index (κ2) is 5.49. The molecule has 0 N–H and O–H groups in total. The van der Waals surface area contributed by atoms with Gasteiger partial charge in [0.2, 0.25) is 5.91 Å². The Morgan fingerprint density at radius 3 is 2.11 bits per heavy atom. The Hall–Kier alpha value is -2.10. The van der Waals surface area contributed by atoms with Crippen molar-refractivity contribution in [2.75, 3.05) is 26.2 Å². The number of carbonyl (C=O) groups is 2. The molecule has 0 saturated carbocycles. The van der Waals surface area contributed by atoms with E-state index in [0.717, 1.165) is 0 Å². The molecule has 1 fully saturated rings. The van der Waals surface area contributed by atoms with Gasteiger partial charge in [-0.15, -0.1) is 0 Å². The summed E-state index contributed by atoms with van der Waals surface area (Å²) in [5.41, 5.74) is 0.695. The molecule has 1 saturated heterocycles. The van der Waals surface area contributed by atoms with Crippen LogP contribution in [0.1, 0.15) is 10.4 Å². The van der Waals surface area contributed by atoms with Crippen LogP contribution in [0.2, 0.25) is 0 Å². The first-order chi connectivity index (χ1) is 8.72. The van der Waals surface area contributed by atoms with E-state index in [1.54, 1.807) is 9.80 Å². The van der Waals surface area contributed by atoms with E-state index in [1.807, 2.05) is 30.3 Å².